The minimum Gasteiger partial charge on any atom is -0.543 e. The van der Waals surface area contributed by atoms with E-state index in [1.165, 1.54) is 6.08 Å². The van der Waals surface area contributed by atoms with E-state index in [2.05, 4.69) is 4.98 Å². The molecule has 4 nitrogen and oxygen atoms in total. The maximum Gasteiger partial charge on any atom is 0.187 e. The summed E-state index contributed by atoms with van der Waals surface area (Å²) in [6.07, 6.45) is 3.22. The molecule has 4 heteroatoms. The maximum absolute atomic E-state index is 12.4. The molecule has 0 saturated heterocycles. The number of ketones is 1. The molecule has 0 amide bonds. The van der Waals surface area contributed by atoms with E-state index < -0.39 is 5.97 Å². The first-order valence-electron chi connectivity index (χ1n) is 7.01. The highest BCUT2D eigenvalue weighted by atomic mass is 16.4. The number of aromatic nitrogens is 1. The zero-order chi connectivity index (χ0) is 16.4. The van der Waals surface area contributed by atoms with Gasteiger partial charge in [0.2, 0.25) is 0 Å². The Kier molecular flexibility index (Phi) is 4.31. The van der Waals surface area contributed by atoms with Crippen LogP contribution in [0.25, 0.3) is 6.08 Å². The summed E-state index contributed by atoms with van der Waals surface area (Å²) in [5.41, 5.74) is 4.50. The molecule has 2 rings (SSSR count). The number of nitrogens with one attached hydrogen (secondary N) is 1. The van der Waals surface area contributed by atoms with Crippen molar-refractivity contribution in [1.29, 1.82) is 0 Å². The minimum absolute atomic E-state index is 0.0410. The second kappa shape index (κ2) is 6.02. The van der Waals surface area contributed by atoms with Crippen molar-refractivity contribution < 1.29 is 14.7 Å². The second-order valence-corrected chi connectivity index (χ2v) is 5.47. The highest BCUT2D eigenvalue weighted by Crippen LogP contribution is 2.19. The Labute approximate surface area is 129 Å². The molecule has 0 unspecified atom stereocenters. The number of carbonyl (C=O) groups is 2. The van der Waals surface area contributed by atoms with Crippen LogP contribution in [-0.4, -0.2) is 16.7 Å². The quantitative estimate of drug-likeness (QED) is 0.696. The topological polar surface area (TPSA) is 73.0 Å². The molecule has 1 heterocycles. The zero-order valence-corrected chi connectivity index (χ0v) is 13.1. The monoisotopic (exact) mass is 296 g/mol. The molecule has 1 aromatic carbocycles. The molecule has 0 atom stereocenters. The van der Waals surface area contributed by atoms with Gasteiger partial charge in [-0.3, -0.25) is 4.79 Å². The van der Waals surface area contributed by atoms with Gasteiger partial charge in [0.05, 0.1) is 11.7 Å². The molecule has 0 radical (unpaired) electrons. The van der Waals surface area contributed by atoms with E-state index in [1.54, 1.807) is 19.9 Å². The van der Waals surface area contributed by atoms with Gasteiger partial charge in [-0.05, 0) is 50.5 Å². The average molecular weight is 296 g/mol. The second-order valence-electron chi connectivity index (χ2n) is 5.47. The van der Waals surface area contributed by atoms with Gasteiger partial charge in [-0.15, -0.1) is 0 Å². The summed E-state index contributed by atoms with van der Waals surface area (Å²) in [4.78, 5) is 26.0. The Morgan fingerprint density at radius 2 is 1.82 bits per heavy atom. The van der Waals surface area contributed by atoms with Crippen LogP contribution in [0.2, 0.25) is 0 Å². The standard InChI is InChI=1S/C18H19NO3/c1-10-5-6-14(11(2)9-10)7-8-15(20)16-12(3)17(18(21)22)19-13(16)4/h5-9,19H,1-4H3,(H,21,22)/p-1/b8-7+. The van der Waals surface area contributed by atoms with Crippen molar-refractivity contribution in [3.63, 3.8) is 0 Å². The van der Waals surface area contributed by atoms with Crippen molar-refractivity contribution in [1.82, 2.24) is 4.98 Å². The number of hydrogen-bond donors (Lipinski definition) is 1. The van der Waals surface area contributed by atoms with Crippen molar-refractivity contribution in [3.05, 3.63) is 63.5 Å². The molecule has 0 bridgehead atoms. The van der Waals surface area contributed by atoms with Gasteiger partial charge in [0, 0.05) is 11.3 Å². The van der Waals surface area contributed by atoms with Crippen molar-refractivity contribution in [2.75, 3.05) is 0 Å². The number of hydrogen-bond acceptors (Lipinski definition) is 3. The SMILES string of the molecule is Cc1ccc(/C=C/C(=O)c2c(C)[nH]c(C(=O)[O-])c2C)c(C)c1. The molecule has 2 aromatic rings. The molecule has 0 saturated carbocycles. The molecule has 0 spiro atoms. The molecule has 22 heavy (non-hydrogen) atoms. The van der Waals surface area contributed by atoms with Crippen molar-refractivity contribution >= 4 is 17.8 Å². The summed E-state index contributed by atoms with van der Waals surface area (Å²) in [5.74, 6) is -1.53. The normalized spacial score (nSPS) is 11.1. The fourth-order valence-corrected chi connectivity index (χ4v) is 2.59. The van der Waals surface area contributed by atoms with Crippen LogP contribution in [0.4, 0.5) is 0 Å². The highest BCUT2D eigenvalue weighted by molar-refractivity contribution is 6.10. The number of aromatic amines is 1. The fourth-order valence-electron chi connectivity index (χ4n) is 2.59. The summed E-state index contributed by atoms with van der Waals surface area (Å²) >= 11 is 0. The Balaban J connectivity index is 2.33. The lowest BCUT2D eigenvalue weighted by molar-refractivity contribution is -0.255. The third-order valence-corrected chi connectivity index (χ3v) is 3.73. The Morgan fingerprint density at radius 1 is 1.14 bits per heavy atom. The summed E-state index contributed by atoms with van der Waals surface area (Å²) in [7, 11) is 0. The summed E-state index contributed by atoms with van der Waals surface area (Å²) < 4.78 is 0. The lowest BCUT2D eigenvalue weighted by Gasteiger charge is -2.02. The molecule has 0 aliphatic heterocycles. The van der Waals surface area contributed by atoms with Crippen LogP contribution >= 0.6 is 0 Å². The molecule has 1 aromatic heterocycles. The lowest BCUT2D eigenvalue weighted by Crippen LogP contribution is -2.23. The summed E-state index contributed by atoms with van der Waals surface area (Å²) in [6, 6.07) is 5.99. The van der Waals surface area contributed by atoms with E-state index in [9.17, 15) is 14.7 Å². The van der Waals surface area contributed by atoms with Crippen molar-refractivity contribution in [2.45, 2.75) is 27.7 Å². The number of rotatable bonds is 4. The van der Waals surface area contributed by atoms with Crippen LogP contribution in [-0.2, 0) is 0 Å². The third kappa shape index (κ3) is 3.01. The van der Waals surface area contributed by atoms with Crippen LogP contribution in [0.5, 0.6) is 0 Å². The van der Waals surface area contributed by atoms with E-state index in [4.69, 9.17) is 0 Å². The van der Waals surface area contributed by atoms with Gasteiger partial charge in [0.15, 0.2) is 5.78 Å². The van der Waals surface area contributed by atoms with Gasteiger partial charge in [0.25, 0.3) is 0 Å². The first kappa shape index (κ1) is 15.8. The lowest BCUT2D eigenvalue weighted by atomic mass is 10.0. The van der Waals surface area contributed by atoms with Gasteiger partial charge in [-0.1, -0.05) is 29.8 Å². The molecular formula is C18H18NO3-. The first-order valence-corrected chi connectivity index (χ1v) is 7.01. The van der Waals surface area contributed by atoms with E-state index in [0.29, 0.717) is 16.8 Å². The Hall–Kier alpha value is -2.62. The van der Waals surface area contributed by atoms with E-state index in [-0.39, 0.29) is 11.5 Å². The van der Waals surface area contributed by atoms with Crippen molar-refractivity contribution in [3.8, 4) is 0 Å². The summed E-state index contributed by atoms with van der Waals surface area (Å²) in [5, 5.41) is 11.0. The predicted molar refractivity (Wildman–Crippen MR) is 83.9 cm³/mol. The van der Waals surface area contributed by atoms with E-state index >= 15 is 0 Å². The molecule has 0 fully saturated rings. The van der Waals surface area contributed by atoms with Gasteiger partial charge >= 0.3 is 0 Å². The van der Waals surface area contributed by atoms with Crippen LogP contribution in [0.15, 0.2) is 24.3 Å². The van der Waals surface area contributed by atoms with Gasteiger partial charge in [0.1, 0.15) is 0 Å². The molecule has 1 N–H and O–H groups in total. The summed E-state index contributed by atoms with van der Waals surface area (Å²) in [6.45, 7) is 7.28. The van der Waals surface area contributed by atoms with Gasteiger partial charge < -0.3 is 14.9 Å². The third-order valence-electron chi connectivity index (χ3n) is 3.73. The minimum atomic E-state index is -1.31. The molecular weight excluding hydrogens is 278 g/mol. The number of aryl methyl sites for hydroxylation is 3. The largest absolute Gasteiger partial charge is 0.543 e. The molecule has 114 valence electrons. The number of aromatic carboxylic acids is 1. The highest BCUT2D eigenvalue weighted by Gasteiger charge is 2.16. The number of allylic oxidation sites excluding steroid dienone is 1. The van der Waals surface area contributed by atoms with E-state index in [0.717, 1.165) is 16.7 Å². The smallest absolute Gasteiger partial charge is 0.187 e. The van der Waals surface area contributed by atoms with Crippen LogP contribution in [0.3, 0.4) is 0 Å². The van der Waals surface area contributed by atoms with E-state index in [1.807, 2.05) is 32.0 Å². The maximum atomic E-state index is 12.4. The van der Waals surface area contributed by atoms with Crippen LogP contribution < -0.4 is 5.11 Å². The average Bonchev–Trinajstić information content (AvgIpc) is 2.73. The van der Waals surface area contributed by atoms with Crippen LogP contribution in [0.1, 0.15) is 48.8 Å². The molecule has 0 aliphatic rings. The first-order chi connectivity index (χ1) is 10.3. The Morgan fingerprint density at radius 3 is 2.36 bits per heavy atom. The molecule has 0 aliphatic carbocycles. The number of carboxylic acids is 1. The number of benzene rings is 1. The number of carboxylic acid groups (broad SMARTS) is 1. The predicted octanol–water partition coefficient (Wildman–Crippen LogP) is 2.51. The van der Waals surface area contributed by atoms with Crippen LogP contribution in [0, 0.1) is 27.7 Å². The van der Waals surface area contributed by atoms with Gasteiger partial charge in [-0.25, -0.2) is 0 Å². The number of H-pyrrole nitrogens is 1. The zero-order valence-electron chi connectivity index (χ0n) is 13.1. The fraction of sp³-hybridized carbons (Fsp3) is 0.222. The Bertz CT molecular complexity index is 782. The van der Waals surface area contributed by atoms with Crippen molar-refractivity contribution in [2.24, 2.45) is 0 Å². The number of carbonyl (C=O) groups excluding carboxylic acids is 2. The van der Waals surface area contributed by atoms with Gasteiger partial charge in [-0.2, -0.15) is 0 Å².